The molecule has 0 spiro atoms. The van der Waals surface area contributed by atoms with Gasteiger partial charge in [0.1, 0.15) is 0 Å². The third-order valence-corrected chi connectivity index (χ3v) is 4.88. The third kappa shape index (κ3) is 3.94. The lowest BCUT2D eigenvalue weighted by atomic mass is 10.0. The first-order chi connectivity index (χ1) is 8.66. The standard InChI is InChI=1S/C15H31N3/c1-13-7-4-5-9-18(13)10-6-8-16-15-11-14(2)17(3)12-15/h13-16H,4-12H2,1-3H3. The van der Waals surface area contributed by atoms with Crippen LogP contribution in [0.4, 0.5) is 0 Å². The van der Waals surface area contributed by atoms with E-state index >= 15 is 0 Å². The van der Waals surface area contributed by atoms with E-state index in [1.165, 1.54) is 58.3 Å². The molecular formula is C15H31N3. The predicted molar refractivity (Wildman–Crippen MR) is 78.0 cm³/mol. The molecular weight excluding hydrogens is 222 g/mol. The lowest BCUT2D eigenvalue weighted by molar-refractivity contribution is 0.158. The van der Waals surface area contributed by atoms with Gasteiger partial charge in [-0.05, 0) is 66.2 Å². The van der Waals surface area contributed by atoms with Crippen molar-refractivity contribution < 1.29 is 0 Å². The summed E-state index contributed by atoms with van der Waals surface area (Å²) >= 11 is 0. The molecule has 0 bridgehead atoms. The van der Waals surface area contributed by atoms with Gasteiger partial charge in [0.15, 0.2) is 0 Å². The quantitative estimate of drug-likeness (QED) is 0.755. The van der Waals surface area contributed by atoms with Crippen molar-refractivity contribution in [3.8, 4) is 0 Å². The molecule has 1 N–H and O–H groups in total. The van der Waals surface area contributed by atoms with E-state index in [1.807, 2.05) is 0 Å². The van der Waals surface area contributed by atoms with E-state index in [4.69, 9.17) is 0 Å². The molecule has 2 rings (SSSR count). The first-order valence-electron chi connectivity index (χ1n) is 7.84. The highest BCUT2D eigenvalue weighted by atomic mass is 15.2. The fourth-order valence-electron chi connectivity index (χ4n) is 3.42. The maximum Gasteiger partial charge on any atom is 0.0209 e. The van der Waals surface area contributed by atoms with Gasteiger partial charge in [0, 0.05) is 24.7 Å². The van der Waals surface area contributed by atoms with Gasteiger partial charge < -0.3 is 15.1 Å². The fraction of sp³-hybridized carbons (Fsp3) is 1.00. The van der Waals surface area contributed by atoms with Gasteiger partial charge in [0.25, 0.3) is 0 Å². The zero-order valence-corrected chi connectivity index (χ0v) is 12.5. The van der Waals surface area contributed by atoms with Gasteiger partial charge in [-0.3, -0.25) is 0 Å². The average Bonchev–Trinajstić information content (AvgIpc) is 2.66. The third-order valence-electron chi connectivity index (χ3n) is 4.88. The summed E-state index contributed by atoms with van der Waals surface area (Å²) < 4.78 is 0. The summed E-state index contributed by atoms with van der Waals surface area (Å²) in [6.07, 6.45) is 6.86. The van der Waals surface area contributed by atoms with Gasteiger partial charge in [0.2, 0.25) is 0 Å². The van der Waals surface area contributed by atoms with Crippen molar-refractivity contribution >= 4 is 0 Å². The SMILES string of the molecule is CC1CC(NCCCN2CCCCC2C)CN1C. The molecule has 2 fully saturated rings. The number of likely N-dealkylation sites (N-methyl/N-ethyl adjacent to an activating group) is 1. The predicted octanol–water partition coefficient (Wildman–Crippen LogP) is 1.93. The minimum absolute atomic E-state index is 0.726. The van der Waals surface area contributed by atoms with Crippen molar-refractivity contribution in [2.24, 2.45) is 0 Å². The van der Waals surface area contributed by atoms with Crippen LogP contribution in [0.1, 0.15) is 46.0 Å². The van der Waals surface area contributed by atoms with E-state index < -0.39 is 0 Å². The maximum absolute atomic E-state index is 3.73. The molecule has 106 valence electrons. The molecule has 3 heteroatoms. The summed E-state index contributed by atoms with van der Waals surface area (Å²) in [6.45, 7) is 9.74. The topological polar surface area (TPSA) is 18.5 Å². The second kappa shape index (κ2) is 6.88. The zero-order chi connectivity index (χ0) is 13.0. The molecule has 2 heterocycles. The molecule has 0 aromatic heterocycles. The lowest BCUT2D eigenvalue weighted by Crippen LogP contribution is -2.40. The number of nitrogens with zero attached hydrogens (tertiary/aromatic N) is 2. The van der Waals surface area contributed by atoms with Crippen LogP contribution >= 0.6 is 0 Å². The first kappa shape index (κ1) is 14.3. The molecule has 0 aromatic rings. The molecule has 0 saturated carbocycles. The van der Waals surface area contributed by atoms with Crippen LogP contribution in [0.5, 0.6) is 0 Å². The summed E-state index contributed by atoms with van der Waals surface area (Å²) in [4.78, 5) is 5.14. The van der Waals surface area contributed by atoms with Crippen molar-refractivity contribution in [1.29, 1.82) is 0 Å². The molecule has 0 amide bonds. The Morgan fingerprint density at radius 3 is 2.67 bits per heavy atom. The van der Waals surface area contributed by atoms with E-state index in [9.17, 15) is 0 Å². The normalized spacial score (nSPS) is 35.2. The van der Waals surface area contributed by atoms with Gasteiger partial charge in [-0.15, -0.1) is 0 Å². The summed E-state index contributed by atoms with van der Waals surface area (Å²) in [6, 6.07) is 2.30. The van der Waals surface area contributed by atoms with Crippen LogP contribution in [0.2, 0.25) is 0 Å². The van der Waals surface area contributed by atoms with E-state index in [0.717, 1.165) is 18.1 Å². The highest BCUT2D eigenvalue weighted by molar-refractivity contribution is 4.85. The van der Waals surface area contributed by atoms with Crippen LogP contribution in [0.25, 0.3) is 0 Å². The Balaban J connectivity index is 1.56. The molecule has 0 aliphatic carbocycles. The lowest BCUT2D eigenvalue weighted by Gasteiger charge is -2.33. The van der Waals surface area contributed by atoms with Crippen LogP contribution < -0.4 is 5.32 Å². The number of likely N-dealkylation sites (tertiary alicyclic amines) is 2. The van der Waals surface area contributed by atoms with Crippen molar-refractivity contribution in [2.45, 2.75) is 64.1 Å². The molecule has 0 aromatic carbocycles. The Morgan fingerprint density at radius 2 is 2.00 bits per heavy atom. The monoisotopic (exact) mass is 253 g/mol. The first-order valence-corrected chi connectivity index (χ1v) is 7.84. The smallest absolute Gasteiger partial charge is 0.0209 e. The Morgan fingerprint density at radius 1 is 1.17 bits per heavy atom. The molecule has 0 radical (unpaired) electrons. The largest absolute Gasteiger partial charge is 0.313 e. The van der Waals surface area contributed by atoms with E-state index in [1.54, 1.807) is 0 Å². The second-order valence-electron chi connectivity index (χ2n) is 6.41. The van der Waals surface area contributed by atoms with E-state index in [0.29, 0.717) is 0 Å². The summed E-state index contributed by atoms with van der Waals surface area (Å²) in [5, 5.41) is 3.73. The molecule has 18 heavy (non-hydrogen) atoms. The minimum atomic E-state index is 0.726. The van der Waals surface area contributed by atoms with Crippen molar-refractivity contribution in [2.75, 3.05) is 33.2 Å². The van der Waals surface area contributed by atoms with E-state index in [2.05, 4.69) is 36.0 Å². The zero-order valence-electron chi connectivity index (χ0n) is 12.5. The molecule has 2 aliphatic rings. The van der Waals surface area contributed by atoms with Crippen LogP contribution in [0.15, 0.2) is 0 Å². The number of piperidine rings is 1. The highest BCUT2D eigenvalue weighted by Gasteiger charge is 2.25. The maximum atomic E-state index is 3.73. The Labute approximate surface area is 113 Å². The van der Waals surface area contributed by atoms with Crippen molar-refractivity contribution in [1.82, 2.24) is 15.1 Å². The van der Waals surface area contributed by atoms with Crippen LogP contribution in [-0.4, -0.2) is 61.2 Å². The van der Waals surface area contributed by atoms with Gasteiger partial charge >= 0.3 is 0 Å². The minimum Gasteiger partial charge on any atom is -0.313 e. The Kier molecular flexibility index (Phi) is 5.46. The van der Waals surface area contributed by atoms with Gasteiger partial charge in [-0.1, -0.05) is 6.42 Å². The van der Waals surface area contributed by atoms with Crippen LogP contribution in [0.3, 0.4) is 0 Å². The summed E-state index contributed by atoms with van der Waals surface area (Å²) in [5.41, 5.74) is 0. The van der Waals surface area contributed by atoms with Crippen molar-refractivity contribution in [3.05, 3.63) is 0 Å². The number of nitrogens with one attached hydrogen (secondary N) is 1. The second-order valence-corrected chi connectivity index (χ2v) is 6.41. The molecule has 3 atom stereocenters. The fourth-order valence-corrected chi connectivity index (χ4v) is 3.42. The number of hydrogen-bond acceptors (Lipinski definition) is 3. The van der Waals surface area contributed by atoms with Gasteiger partial charge in [0.05, 0.1) is 0 Å². The molecule has 3 nitrogen and oxygen atoms in total. The molecule has 2 aliphatic heterocycles. The Hall–Kier alpha value is -0.120. The Bertz CT molecular complexity index is 234. The highest BCUT2D eigenvalue weighted by Crippen LogP contribution is 2.17. The summed E-state index contributed by atoms with van der Waals surface area (Å²) in [7, 11) is 2.24. The number of rotatable bonds is 5. The van der Waals surface area contributed by atoms with Crippen molar-refractivity contribution in [3.63, 3.8) is 0 Å². The molecule has 2 saturated heterocycles. The van der Waals surface area contributed by atoms with Crippen LogP contribution in [0, 0.1) is 0 Å². The average molecular weight is 253 g/mol. The number of hydrogen-bond donors (Lipinski definition) is 1. The summed E-state index contributed by atoms with van der Waals surface area (Å²) in [5.74, 6) is 0. The van der Waals surface area contributed by atoms with E-state index in [-0.39, 0.29) is 0 Å². The van der Waals surface area contributed by atoms with Gasteiger partial charge in [-0.25, -0.2) is 0 Å². The van der Waals surface area contributed by atoms with Crippen LogP contribution in [-0.2, 0) is 0 Å². The van der Waals surface area contributed by atoms with Gasteiger partial charge in [-0.2, -0.15) is 0 Å². The molecule has 3 unspecified atom stereocenters.